The number of carbonyl (C=O) groups is 1. The number of rotatable bonds is 2. The van der Waals surface area contributed by atoms with E-state index in [1.54, 1.807) is 12.1 Å². The Morgan fingerprint density at radius 1 is 1.69 bits per heavy atom. The molecule has 0 aromatic heterocycles. The molecule has 0 fully saturated rings. The number of anilines is 1. The largest absolute Gasteiger partial charge is 0.486 e. The summed E-state index contributed by atoms with van der Waals surface area (Å²) in [7, 11) is 0. The minimum Gasteiger partial charge on any atom is -0.486 e. The van der Waals surface area contributed by atoms with Crippen LogP contribution in [0, 0.1) is 0 Å². The highest BCUT2D eigenvalue weighted by atomic mass is 35.5. The Morgan fingerprint density at radius 3 is 3.12 bits per heavy atom. The van der Waals surface area contributed by atoms with E-state index in [1.807, 2.05) is 0 Å². The molecule has 1 atom stereocenters. The van der Waals surface area contributed by atoms with E-state index >= 15 is 0 Å². The lowest BCUT2D eigenvalue weighted by molar-refractivity contribution is -0.143. The number of hydrogen-bond donors (Lipinski definition) is 1. The van der Waals surface area contributed by atoms with Crippen LogP contribution in [-0.4, -0.2) is 18.7 Å². The molecule has 0 saturated heterocycles. The monoisotopic (exact) mass is 241 g/mol. The summed E-state index contributed by atoms with van der Waals surface area (Å²) in [6.45, 7) is 1.62. The Labute approximate surface area is 98.3 Å². The number of halogens is 1. The van der Waals surface area contributed by atoms with Crippen molar-refractivity contribution in [1.82, 2.24) is 0 Å². The van der Waals surface area contributed by atoms with Crippen molar-refractivity contribution in [1.29, 1.82) is 0 Å². The molecule has 1 aliphatic heterocycles. The molecular weight excluding hydrogens is 230 g/mol. The molecule has 0 spiro atoms. The van der Waals surface area contributed by atoms with Crippen LogP contribution in [0.5, 0.6) is 5.75 Å². The highest BCUT2D eigenvalue weighted by molar-refractivity contribution is 6.33. The molecule has 1 aliphatic rings. The van der Waals surface area contributed by atoms with Crippen LogP contribution >= 0.6 is 11.6 Å². The van der Waals surface area contributed by atoms with Gasteiger partial charge in [0.2, 0.25) is 0 Å². The molecule has 0 radical (unpaired) electrons. The molecule has 0 bridgehead atoms. The van der Waals surface area contributed by atoms with Gasteiger partial charge in [0.1, 0.15) is 18.5 Å². The second-order valence-electron chi connectivity index (χ2n) is 3.73. The molecule has 16 heavy (non-hydrogen) atoms. The molecule has 0 saturated carbocycles. The Hall–Kier alpha value is -1.42. The van der Waals surface area contributed by atoms with Gasteiger partial charge in [-0.1, -0.05) is 11.6 Å². The lowest BCUT2D eigenvalue weighted by atomic mass is 10.1. The van der Waals surface area contributed by atoms with Crippen molar-refractivity contribution in [3.63, 3.8) is 0 Å². The van der Waals surface area contributed by atoms with Crippen molar-refractivity contribution < 1.29 is 14.3 Å². The molecule has 5 heteroatoms. The second-order valence-corrected chi connectivity index (χ2v) is 4.14. The van der Waals surface area contributed by atoms with Gasteiger partial charge in [-0.25, -0.2) is 0 Å². The number of fused-ring (bicyclic) bond motifs is 1. The topological polar surface area (TPSA) is 61.5 Å². The molecular formula is C11H12ClNO3. The smallest absolute Gasteiger partial charge is 0.302 e. The first-order chi connectivity index (χ1) is 7.56. The third-order valence-electron chi connectivity index (χ3n) is 2.39. The summed E-state index contributed by atoms with van der Waals surface area (Å²) >= 11 is 5.88. The fraction of sp³-hybridized carbons (Fsp3) is 0.364. The normalized spacial score (nSPS) is 17.8. The third-order valence-corrected chi connectivity index (χ3v) is 2.72. The molecule has 1 heterocycles. The van der Waals surface area contributed by atoms with Crippen LogP contribution in [0.1, 0.15) is 12.5 Å². The van der Waals surface area contributed by atoms with E-state index < -0.39 is 0 Å². The van der Waals surface area contributed by atoms with Crippen molar-refractivity contribution in [2.24, 2.45) is 0 Å². The van der Waals surface area contributed by atoms with E-state index in [0.29, 0.717) is 17.1 Å². The van der Waals surface area contributed by atoms with Gasteiger partial charge in [0, 0.05) is 25.0 Å². The number of nitrogen functional groups attached to an aromatic ring is 1. The Bertz CT molecular complexity index is 402. The Kier molecular flexibility index (Phi) is 2.92. The maximum Gasteiger partial charge on any atom is 0.302 e. The van der Waals surface area contributed by atoms with E-state index in [4.69, 9.17) is 26.8 Å². The van der Waals surface area contributed by atoms with Gasteiger partial charge in [0.15, 0.2) is 0 Å². The standard InChI is InChI=1S/C11H12ClNO3/c1-6(14)15-5-8-2-7-3-10(13)9(12)4-11(7)16-8/h3-4,8H,2,5,13H2,1H3. The highest BCUT2D eigenvalue weighted by Gasteiger charge is 2.24. The van der Waals surface area contributed by atoms with Gasteiger partial charge in [0.05, 0.1) is 10.7 Å². The van der Waals surface area contributed by atoms with Crippen LogP contribution in [0.4, 0.5) is 5.69 Å². The molecule has 0 aliphatic carbocycles. The van der Waals surface area contributed by atoms with Gasteiger partial charge in [-0.15, -0.1) is 0 Å². The quantitative estimate of drug-likeness (QED) is 0.633. The highest BCUT2D eigenvalue weighted by Crippen LogP contribution is 2.35. The number of nitrogens with two attached hydrogens (primary N) is 1. The summed E-state index contributed by atoms with van der Waals surface area (Å²) in [6, 6.07) is 3.49. The Balaban J connectivity index is 2.06. The third kappa shape index (κ3) is 2.22. The number of benzene rings is 1. The van der Waals surface area contributed by atoms with Crippen LogP contribution in [0.25, 0.3) is 0 Å². The van der Waals surface area contributed by atoms with Gasteiger partial charge in [-0.05, 0) is 6.07 Å². The first kappa shape index (κ1) is 11.1. The second kappa shape index (κ2) is 4.22. The predicted octanol–water partition coefficient (Wildman–Crippen LogP) is 1.79. The average molecular weight is 242 g/mol. The average Bonchev–Trinajstić information content (AvgIpc) is 2.58. The van der Waals surface area contributed by atoms with Crippen molar-refractivity contribution in [2.75, 3.05) is 12.3 Å². The van der Waals surface area contributed by atoms with E-state index in [0.717, 1.165) is 11.3 Å². The van der Waals surface area contributed by atoms with Gasteiger partial charge >= 0.3 is 5.97 Å². The van der Waals surface area contributed by atoms with Crippen LogP contribution < -0.4 is 10.5 Å². The first-order valence-electron chi connectivity index (χ1n) is 4.94. The molecule has 4 nitrogen and oxygen atoms in total. The molecule has 1 aromatic carbocycles. The van der Waals surface area contributed by atoms with Crippen molar-refractivity contribution >= 4 is 23.3 Å². The van der Waals surface area contributed by atoms with Crippen molar-refractivity contribution in [2.45, 2.75) is 19.4 Å². The first-order valence-corrected chi connectivity index (χ1v) is 5.32. The number of hydrogen-bond acceptors (Lipinski definition) is 4. The van der Waals surface area contributed by atoms with Crippen LogP contribution in [0.15, 0.2) is 12.1 Å². The molecule has 2 rings (SSSR count). The SMILES string of the molecule is CC(=O)OCC1Cc2cc(N)c(Cl)cc2O1. The fourth-order valence-electron chi connectivity index (χ4n) is 1.66. The molecule has 0 amide bonds. The molecule has 1 aromatic rings. The maximum absolute atomic E-state index is 10.7. The molecule has 86 valence electrons. The van der Waals surface area contributed by atoms with Crippen molar-refractivity contribution in [3.05, 3.63) is 22.7 Å². The number of carbonyl (C=O) groups excluding carboxylic acids is 1. The molecule has 2 N–H and O–H groups in total. The van der Waals surface area contributed by atoms with E-state index in [1.165, 1.54) is 6.92 Å². The zero-order chi connectivity index (χ0) is 11.7. The number of esters is 1. The molecule has 1 unspecified atom stereocenters. The summed E-state index contributed by atoms with van der Waals surface area (Å²) in [6.07, 6.45) is 0.543. The fourth-order valence-corrected chi connectivity index (χ4v) is 1.81. The van der Waals surface area contributed by atoms with Gasteiger partial charge in [-0.2, -0.15) is 0 Å². The summed E-state index contributed by atoms with van der Waals surface area (Å²) < 4.78 is 10.5. The van der Waals surface area contributed by atoms with E-state index in [9.17, 15) is 4.79 Å². The zero-order valence-electron chi connectivity index (χ0n) is 8.83. The minimum absolute atomic E-state index is 0.142. The summed E-state index contributed by atoms with van der Waals surface area (Å²) in [4.78, 5) is 10.7. The summed E-state index contributed by atoms with van der Waals surface area (Å²) in [5.74, 6) is 0.411. The number of ether oxygens (including phenoxy) is 2. The van der Waals surface area contributed by atoms with E-state index in [-0.39, 0.29) is 18.7 Å². The van der Waals surface area contributed by atoms with Crippen LogP contribution in [0.3, 0.4) is 0 Å². The Morgan fingerprint density at radius 2 is 2.44 bits per heavy atom. The lowest BCUT2D eigenvalue weighted by Crippen LogP contribution is -2.21. The van der Waals surface area contributed by atoms with Gasteiger partial charge < -0.3 is 15.2 Å². The van der Waals surface area contributed by atoms with Crippen LogP contribution in [-0.2, 0) is 16.0 Å². The van der Waals surface area contributed by atoms with Gasteiger partial charge in [0.25, 0.3) is 0 Å². The van der Waals surface area contributed by atoms with Gasteiger partial charge in [-0.3, -0.25) is 4.79 Å². The lowest BCUT2D eigenvalue weighted by Gasteiger charge is -2.09. The predicted molar refractivity (Wildman–Crippen MR) is 60.6 cm³/mol. The maximum atomic E-state index is 10.7. The van der Waals surface area contributed by atoms with E-state index in [2.05, 4.69) is 0 Å². The van der Waals surface area contributed by atoms with Crippen molar-refractivity contribution in [3.8, 4) is 5.75 Å². The van der Waals surface area contributed by atoms with Crippen LogP contribution in [0.2, 0.25) is 5.02 Å². The summed E-state index contributed by atoms with van der Waals surface area (Å²) in [5, 5.41) is 0.479. The summed E-state index contributed by atoms with van der Waals surface area (Å²) in [5.41, 5.74) is 7.23. The zero-order valence-corrected chi connectivity index (χ0v) is 9.58. The minimum atomic E-state index is -0.308.